The summed E-state index contributed by atoms with van der Waals surface area (Å²) in [5.41, 5.74) is 2.38. The van der Waals surface area contributed by atoms with Crippen LogP contribution in [0.3, 0.4) is 0 Å². The van der Waals surface area contributed by atoms with Gasteiger partial charge in [0.1, 0.15) is 0 Å². The van der Waals surface area contributed by atoms with Crippen LogP contribution in [0.2, 0.25) is 5.02 Å². The number of hydrogen-bond acceptors (Lipinski definition) is 2. The van der Waals surface area contributed by atoms with Gasteiger partial charge in [0.25, 0.3) is 0 Å². The van der Waals surface area contributed by atoms with E-state index in [9.17, 15) is 0 Å². The van der Waals surface area contributed by atoms with E-state index in [1.165, 1.54) is 25.0 Å². The van der Waals surface area contributed by atoms with E-state index in [0.29, 0.717) is 6.04 Å². The highest BCUT2D eigenvalue weighted by atomic mass is 127. The van der Waals surface area contributed by atoms with Gasteiger partial charge in [0.2, 0.25) is 0 Å². The van der Waals surface area contributed by atoms with Crippen LogP contribution in [0.5, 0.6) is 0 Å². The summed E-state index contributed by atoms with van der Waals surface area (Å²) in [7, 11) is 0. The van der Waals surface area contributed by atoms with E-state index < -0.39 is 0 Å². The first-order valence-corrected chi connectivity index (χ1v) is 7.92. The van der Waals surface area contributed by atoms with Crippen LogP contribution in [0, 0.1) is 3.57 Å². The van der Waals surface area contributed by atoms with Crippen molar-refractivity contribution in [3.63, 3.8) is 0 Å². The fourth-order valence-corrected chi connectivity index (χ4v) is 3.68. The average Bonchev–Trinajstić information content (AvgIpc) is 2.89. The standard InChI is InChI=1S/C14H15ClIN3/c15-10-4-5-13(11(16)7-10)19-9-17-8-14(19)12-3-1-2-6-18-12/h4-5,7-9,12,18H,1-3,6H2. The van der Waals surface area contributed by atoms with E-state index in [2.05, 4.69) is 43.5 Å². The molecule has 1 atom stereocenters. The molecular formula is C14H15ClIN3. The SMILES string of the molecule is Clc1ccc(-n2cncc2C2CCCCN2)c(I)c1. The van der Waals surface area contributed by atoms with E-state index >= 15 is 0 Å². The lowest BCUT2D eigenvalue weighted by Gasteiger charge is -2.24. The van der Waals surface area contributed by atoms with Gasteiger partial charge in [-0.25, -0.2) is 4.98 Å². The average molecular weight is 388 g/mol. The van der Waals surface area contributed by atoms with Crippen LogP contribution in [0.25, 0.3) is 5.69 Å². The molecule has 0 radical (unpaired) electrons. The molecule has 0 bridgehead atoms. The molecule has 5 heteroatoms. The molecule has 1 unspecified atom stereocenters. The summed E-state index contributed by atoms with van der Waals surface area (Å²) in [6.07, 6.45) is 7.57. The number of nitrogens with one attached hydrogen (secondary N) is 1. The molecule has 1 aliphatic rings. The Bertz CT molecular complexity index is 576. The molecule has 1 saturated heterocycles. The van der Waals surface area contributed by atoms with Crippen LogP contribution >= 0.6 is 34.2 Å². The third-order valence-electron chi connectivity index (χ3n) is 3.50. The van der Waals surface area contributed by atoms with Crippen molar-refractivity contribution in [2.75, 3.05) is 6.54 Å². The smallest absolute Gasteiger partial charge is 0.0995 e. The molecule has 100 valence electrons. The molecule has 1 N–H and O–H groups in total. The minimum Gasteiger partial charge on any atom is -0.309 e. The maximum Gasteiger partial charge on any atom is 0.0995 e. The van der Waals surface area contributed by atoms with Crippen molar-refractivity contribution in [2.24, 2.45) is 0 Å². The van der Waals surface area contributed by atoms with E-state index in [4.69, 9.17) is 11.6 Å². The zero-order chi connectivity index (χ0) is 13.2. The summed E-state index contributed by atoms with van der Waals surface area (Å²) in [6.45, 7) is 1.09. The molecular weight excluding hydrogens is 373 g/mol. The molecule has 0 aliphatic carbocycles. The minimum absolute atomic E-state index is 0.405. The molecule has 0 spiro atoms. The van der Waals surface area contributed by atoms with Gasteiger partial charge in [-0.05, 0) is 60.2 Å². The lowest BCUT2D eigenvalue weighted by molar-refractivity contribution is 0.402. The number of nitrogens with zero attached hydrogens (tertiary/aromatic N) is 2. The van der Waals surface area contributed by atoms with Crippen molar-refractivity contribution in [1.82, 2.24) is 14.9 Å². The number of benzene rings is 1. The van der Waals surface area contributed by atoms with E-state index in [1.807, 2.05) is 24.7 Å². The molecule has 19 heavy (non-hydrogen) atoms. The molecule has 0 saturated carbocycles. The first-order valence-electron chi connectivity index (χ1n) is 6.47. The summed E-state index contributed by atoms with van der Waals surface area (Å²) in [6, 6.07) is 6.37. The third-order valence-corrected chi connectivity index (χ3v) is 4.60. The Labute approximate surface area is 131 Å². The highest BCUT2D eigenvalue weighted by Gasteiger charge is 2.19. The second kappa shape index (κ2) is 5.81. The predicted octanol–water partition coefficient (Wildman–Crippen LogP) is 3.94. The fourth-order valence-electron chi connectivity index (χ4n) is 2.55. The number of imidazole rings is 1. The third kappa shape index (κ3) is 2.80. The molecule has 1 aromatic carbocycles. The van der Waals surface area contributed by atoms with E-state index in [1.54, 1.807) is 0 Å². The summed E-state index contributed by atoms with van der Waals surface area (Å²) in [5.74, 6) is 0. The first-order chi connectivity index (χ1) is 9.25. The molecule has 1 fully saturated rings. The topological polar surface area (TPSA) is 29.9 Å². The lowest BCUT2D eigenvalue weighted by atomic mass is 10.0. The van der Waals surface area contributed by atoms with Gasteiger partial charge in [-0.3, -0.25) is 0 Å². The van der Waals surface area contributed by atoms with Crippen LogP contribution in [0.1, 0.15) is 31.0 Å². The molecule has 3 nitrogen and oxygen atoms in total. The van der Waals surface area contributed by atoms with Gasteiger partial charge in [0.05, 0.1) is 23.9 Å². The number of halogens is 2. The maximum absolute atomic E-state index is 6.02. The zero-order valence-corrected chi connectivity index (χ0v) is 13.4. The Hall–Kier alpha value is -0.590. The maximum atomic E-state index is 6.02. The van der Waals surface area contributed by atoms with Crippen molar-refractivity contribution in [3.8, 4) is 5.69 Å². The van der Waals surface area contributed by atoms with Gasteiger partial charge in [-0.2, -0.15) is 0 Å². The van der Waals surface area contributed by atoms with Crippen molar-refractivity contribution < 1.29 is 0 Å². The van der Waals surface area contributed by atoms with Crippen LogP contribution in [-0.2, 0) is 0 Å². The Morgan fingerprint density at radius 3 is 3.00 bits per heavy atom. The van der Waals surface area contributed by atoms with Gasteiger partial charge in [-0.15, -0.1) is 0 Å². The molecule has 1 aliphatic heterocycles. The van der Waals surface area contributed by atoms with Gasteiger partial charge < -0.3 is 9.88 Å². The van der Waals surface area contributed by atoms with Crippen molar-refractivity contribution in [1.29, 1.82) is 0 Å². The molecule has 2 heterocycles. The van der Waals surface area contributed by atoms with Crippen LogP contribution in [0.15, 0.2) is 30.7 Å². The molecule has 2 aromatic rings. The van der Waals surface area contributed by atoms with Crippen molar-refractivity contribution >= 4 is 34.2 Å². The second-order valence-corrected chi connectivity index (χ2v) is 6.39. The van der Waals surface area contributed by atoms with Crippen molar-refractivity contribution in [3.05, 3.63) is 45.0 Å². The Kier molecular flexibility index (Phi) is 4.10. The highest BCUT2D eigenvalue weighted by molar-refractivity contribution is 14.1. The van der Waals surface area contributed by atoms with Crippen LogP contribution in [0.4, 0.5) is 0 Å². The summed E-state index contributed by atoms with van der Waals surface area (Å²) < 4.78 is 3.31. The van der Waals surface area contributed by atoms with Crippen LogP contribution in [-0.4, -0.2) is 16.1 Å². The van der Waals surface area contributed by atoms with Crippen molar-refractivity contribution in [2.45, 2.75) is 25.3 Å². The minimum atomic E-state index is 0.405. The quantitative estimate of drug-likeness (QED) is 0.791. The Balaban J connectivity index is 1.99. The normalized spacial score (nSPS) is 19.6. The lowest BCUT2D eigenvalue weighted by Crippen LogP contribution is -2.28. The number of piperidine rings is 1. The van der Waals surface area contributed by atoms with E-state index in [-0.39, 0.29) is 0 Å². The molecule has 3 rings (SSSR count). The zero-order valence-electron chi connectivity index (χ0n) is 10.4. The largest absolute Gasteiger partial charge is 0.309 e. The van der Waals surface area contributed by atoms with Gasteiger partial charge in [0.15, 0.2) is 0 Å². The number of aromatic nitrogens is 2. The van der Waals surface area contributed by atoms with Gasteiger partial charge in [-0.1, -0.05) is 18.0 Å². The second-order valence-electron chi connectivity index (χ2n) is 4.79. The summed E-state index contributed by atoms with van der Waals surface area (Å²) in [5, 5.41) is 4.34. The fraction of sp³-hybridized carbons (Fsp3) is 0.357. The van der Waals surface area contributed by atoms with Gasteiger partial charge in [0, 0.05) is 14.6 Å². The summed E-state index contributed by atoms with van der Waals surface area (Å²) in [4.78, 5) is 4.32. The van der Waals surface area contributed by atoms with Gasteiger partial charge >= 0.3 is 0 Å². The number of rotatable bonds is 2. The molecule has 0 amide bonds. The highest BCUT2D eigenvalue weighted by Crippen LogP contribution is 2.28. The number of hydrogen-bond donors (Lipinski definition) is 1. The summed E-state index contributed by atoms with van der Waals surface area (Å²) >= 11 is 8.35. The Morgan fingerprint density at radius 2 is 2.26 bits per heavy atom. The van der Waals surface area contributed by atoms with Crippen LogP contribution < -0.4 is 5.32 Å². The predicted molar refractivity (Wildman–Crippen MR) is 85.9 cm³/mol. The van der Waals surface area contributed by atoms with E-state index in [0.717, 1.165) is 20.8 Å². The first kappa shape index (κ1) is 13.4. The Morgan fingerprint density at radius 1 is 1.37 bits per heavy atom. The molecule has 1 aromatic heterocycles. The monoisotopic (exact) mass is 387 g/mol.